The van der Waals surface area contributed by atoms with Gasteiger partial charge in [-0.25, -0.2) is 4.57 Å². The monoisotopic (exact) mass is 292 g/mol. The van der Waals surface area contributed by atoms with Gasteiger partial charge in [0.1, 0.15) is 7.05 Å². The predicted molar refractivity (Wildman–Crippen MR) is 96.1 cm³/mol. The van der Waals surface area contributed by atoms with Crippen molar-refractivity contribution < 1.29 is 4.57 Å². The molecular formula is C21H26N+. The molecule has 0 aliphatic carbocycles. The van der Waals surface area contributed by atoms with Gasteiger partial charge in [-0.05, 0) is 44.0 Å². The van der Waals surface area contributed by atoms with Crippen molar-refractivity contribution in [3.05, 3.63) is 65.4 Å². The van der Waals surface area contributed by atoms with E-state index in [-0.39, 0.29) is 0 Å². The van der Waals surface area contributed by atoms with E-state index in [1.54, 1.807) is 0 Å². The molecule has 0 saturated carbocycles. The normalized spacial score (nSPS) is 10.3. The second-order valence-electron chi connectivity index (χ2n) is 5.58. The zero-order valence-corrected chi connectivity index (χ0v) is 14.6. The SMILES string of the molecule is CC.Cc1ccccc1-c1c2cccc(C)c2c(C)c[n+]1C. The van der Waals surface area contributed by atoms with Gasteiger partial charge < -0.3 is 0 Å². The number of hydrogen-bond donors (Lipinski definition) is 0. The Morgan fingerprint density at radius 2 is 1.36 bits per heavy atom. The van der Waals surface area contributed by atoms with Gasteiger partial charge in [-0.2, -0.15) is 0 Å². The first-order valence-electron chi connectivity index (χ1n) is 8.04. The van der Waals surface area contributed by atoms with Crippen molar-refractivity contribution in [1.82, 2.24) is 0 Å². The molecule has 22 heavy (non-hydrogen) atoms. The van der Waals surface area contributed by atoms with Crippen molar-refractivity contribution in [1.29, 1.82) is 0 Å². The van der Waals surface area contributed by atoms with E-state index < -0.39 is 0 Å². The lowest BCUT2D eigenvalue weighted by Crippen LogP contribution is -2.31. The zero-order valence-electron chi connectivity index (χ0n) is 14.6. The Kier molecular flexibility index (Phi) is 4.97. The molecule has 3 aromatic rings. The number of pyridine rings is 1. The van der Waals surface area contributed by atoms with Gasteiger partial charge in [0.05, 0.1) is 5.39 Å². The highest BCUT2D eigenvalue weighted by molar-refractivity contribution is 5.97. The van der Waals surface area contributed by atoms with E-state index in [0.717, 1.165) is 0 Å². The van der Waals surface area contributed by atoms with Crippen LogP contribution in [0.3, 0.4) is 0 Å². The lowest BCUT2D eigenvalue weighted by molar-refractivity contribution is -0.659. The number of hydrogen-bond acceptors (Lipinski definition) is 0. The fraction of sp³-hybridized carbons (Fsp3) is 0.286. The van der Waals surface area contributed by atoms with Crippen LogP contribution in [0.4, 0.5) is 0 Å². The van der Waals surface area contributed by atoms with Gasteiger partial charge in [0, 0.05) is 16.5 Å². The Hall–Kier alpha value is -2.15. The van der Waals surface area contributed by atoms with E-state index in [1.807, 2.05) is 13.8 Å². The van der Waals surface area contributed by atoms with Crippen LogP contribution in [0.5, 0.6) is 0 Å². The van der Waals surface area contributed by atoms with E-state index in [0.29, 0.717) is 0 Å². The quantitative estimate of drug-likeness (QED) is 0.537. The van der Waals surface area contributed by atoms with E-state index in [9.17, 15) is 0 Å². The molecule has 0 amide bonds. The molecule has 1 heterocycles. The predicted octanol–water partition coefficient (Wildman–Crippen LogP) is 5.28. The summed E-state index contributed by atoms with van der Waals surface area (Å²) in [6.07, 6.45) is 2.23. The van der Waals surface area contributed by atoms with E-state index in [1.165, 1.54) is 38.7 Å². The summed E-state index contributed by atoms with van der Waals surface area (Å²) in [6.45, 7) is 10.6. The average molecular weight is 292 g/mol. The first-order chi connectivity index (χ1) is 10.6. The summed E-state index contributed by atoms with van der Waals surface area (Å²) >= 11 is 0. The van der Waals surface area contributed by atoms with Crippen LogP contribution in [-0.2, 0) is 7.05 Å². The number of aryl methyl sites for hydroxylation is 4. The van der Waals surface area contributed by atoms with E-state index in [4.69, 9.17) is 0 Å². The van der Waals surface area contributed by atoms with Gasteiger partial charge in [-0.15, -0.1) is 0 Å². The molecule has 2 aromatic carbocycles. The second-order valence-corrected chi connectivity index (χ2v) is 5.58. The standard InChI is InChI=1S/C19H20N.C2H6/c1-13-8-5-6-10-16(13)19-17-11-7-9-14(2)18(17)15(3)12-20(19)4;1-2/h5-12H,1-4H3;1-2H3/q+1;. The molecule has 0 spiro atoms. The molecule has 0 atom stereocenters. The maximum absolute atomic E-state index is 2.25. The number of nitrogens with zero attached hydrogens (tertiary/aromatic N) is 1. The van der Waals surface area contributed by atoms with Crippen LogP contribution < -0.4 is 4.57 Å². The molecule has 0 unspecified atom stereocenters. The molecule has 1 aromatic heterocycles. The molecule has 1 heteroatoms. The Balaban J connectivity index is 0.000000847. The Labute approximate surface area is 134 Å². The highest BCUT2D eigenvalue weighted by Crippen LogP contribution is 2.30. The van der Waals surface area contributed by atoms with E-state index >= 15 is 0 Å². The molecule has 0 N–H and O–H groups in total. The third-order valence-electron chi connectivity index (χ3n) is 4.06. The zero-order chi connectivity index (χ0) is 16.3. The van der Waals surface area contributed by atoms with Crippen molar-refractivity contribution in [3.63, 3.8) is 0 Å². The maximum atomic E-state index is 2.25. The minimum atomic E-state index is 1.30. The number of fused-ring (bicyclic) bond motifs is 1. The van der Waals surface area contributed by atoms with Crippen LogP contribution in [0.2, 0.25) is 0 Å². The van der Waals surface area contributed by atoms with Crippen LogP contribution in [0.25, 0.3) is 22.0 Å². The van der Waals surface area contributed by atoms with Gasteiger partial charge in [0.15, 0.2) is 6.20 Å². The van der Waals surface area contributed by atoms with Gasteiger partial charge in [0.25, 0.3) is 0 Å². The van der Waals surface area contributed by atoms with Crippen LogP contribution in [0, 0.1) is 20.8 Å². The van der Waals surface area contributed by atoms with Crippen molar-refractivity contribution in [2.75, 3.05) is 0 Å². The maximum Gasteiger partial charge on any atom is 0.220 e. The Morgan fingerprint density at radius 1 is 0.727 bits per heavy atom. The van der Waals surface area contributed by atoms with Crippen LogP contribution in [-0.4, -0.2) is 0 Å². The Morgan fingerprint density at radius 3 is 2.05 bits per heavy atom. The summed E-state index contributed by atoms with van der Waals surface area (Å²) in [4.78, 5) is 0. The third kappa shape index (κ3) is 2.76. The van der Waals surface area contributed by atoms with Crippen molar-refractivity contribution in [3.8, 4) is 11.3 Å². The molecule has 1 nitrogen and oxygen atoms in total. The molecule has 0 bridgehead atoms. The van der Waals surface area contributed by atoms with Gasteiger partial charge >= 0.3 is 0 Å². The molecule has 0 aliphatic heterocycles. The fourth-order valence-corrected chi connectivity index (χ4v) is 3.17. The van der Waals surface area contributed by atoms with Gasteiger partial charge in [-0.1, -0.05) is 44.2 Å². The molecule has 0 aliphatic rings. The first-order valence-corrected chi connectivity index (χ1v) is 8.04. The molecule has 0 radical (unpaired) electrons. The highest BCUT2D eigenvalue weighted by atomic mass is 14.9. The van der Waals surface area contributed by atoms with Crippen molar-refractivity contribution >= 4 is 10.8 Å². The van der Waals surface area contributed by atoms with Crippen molar-refractivity contribution in [2.24, 2.45) is 7.05 Å². The summed E-state index contributed by atoms with van der Waals surface area (Å²) in [5.74, 6) is 0. The molecular weight excluding hydrogens is 266 g/mol. The topological polar surface area (TPSA) is 3.88 Å². The third-order valence-corrected chi connectivity index (χ3v) is 4.06. The molecule has 0 fully saturated rings. The van der Waals surface area contributed by atoms with Crippen LogP contribution in [0.15, 0.2) is 48.7 Å². The summed E-state index contributed by atoms with van der Waals surface area (Å²) in [5, 5.41) is 2.71. The van der Waals surface area contributed by atoms with Crippen LogP contribution in [0.1, 0.15) is 30.5 Å². The number of aromatic nitrogens is 1. The lowest BCUT2D eigenvalue weighted by atomic mass is 9.95. The van der Waals surface area contributed by atoms with Crippen molar-refractivity contribution in [2.45, 2.75) is 34.6 Å². The van der Waals surface area contributed by atoms with Crippen LogP contribution >= 0.6 is 0 Å². The molecule has 114 valence electrons. The smallest absolute Gasteiger partial charge is 0.200 e. The minimum absolute atomic E-state index is 1.30. The molecule has 0 saturated heterocycles. The largest absolute Gasteiger partial charge is 0.220 e. The summed E-state index contributed by atoms with van der Waals surface area (Å²) in [6, 6.07) is 15.2. The van der Waals surface area contributed by atoms with Gasteiger partial charge in [0.2, 0.25) is 5.69 Å². The number of benzene rings is 2. The summed E-state index contributed by atoms with van der Waals surface area (Å²) < 4.78 is 2.25. The second kappa shape index (κ2) is 6.74. The summed E-state index contributed by atoms with van der Waals surface area (Å²) in [5.41, 5.74) is 6.60. The molecule has 3 rings (SSSR count). The summed E-state index contributed by atoms with van der Waals surface area (Å²) in [7, 11) is 2.14. The minimum Gasteiger partial charge on any atom is -0.200 e. The average Bonchev–Trinajstić information content (AvgIpc) is 2.51. The number of rotatable bonds is 1. The lowest BCUT2D eigenvalue weighted by Gasteiger charge is -2.11. The first kappa shape index (κ1) is 16.2. The highest BCUT2D eigenvalue weighted by Gasteiger charge is 2.18. The Bertz CT molecular complexity index is 800. The van der Waals surface area contributed by atoms with Gasteiger partial charge in [-0.3, -0.25) is 0 Å². The fourth-order valence-electron chi connectivity index (χ4n) is 3.17. The van der Waals surface area contributed by atoms with E-state index in [2.05, 4.69) is 81.0 Å².